The molecule has 4 nitrogen and oxygen atoms in total. The lowest BCUT2D eigenvalue weighted by molar-refractivity contribution is -0.312. The Morgan fingerprint density at radius 3 is 3.07 bits per heavy atom. The minimum absolute atomic E-state index is 0.309. The van der Waals surface area contributed by atoms with Gasteiger partial charge in [-0.3, -0.25) is 0 Å². The fourth-order valence-electron chi connectivity index (χ4n) is 1.82. The zero-order valence-corrected chi connectivity index (χ0v) is 8.24. The van der Waals surface area contributed by atoms with Crippen LogP contribution in [0.25, 0.3) is 4.85 Å². The molecule has 1 atom stereocenters. The maximum Gasteiger partial charge on any atom is 0.215 e. The summed E-state index contributed by atoms with van der Waals surface area (Å²) < 4.78 is 0. The summed E-state index contributed by atoms with van der Waals surface area (Å²) in [4.78, 5) is 16.0. The molecule has 1 saturated heterocycles. The van der Waals surface area contributed by atoms with E-state index < -0.39 is 5.97 Å². The second-order valence-corrected chi connectivity index (χ2v) is 3.69. The normalized spacial score (nSPS) is 22.9. The second-order valence-electron chi connectivity index (χ2n) is 3.69. The molecule has 0 aromatic rings. The second kappa shape index (κ2) is 5.61. The van der Waals surface area contributed by atoms with E-state index in [1.54, 1.807) is 0 Å². The molecule has 0 aromatic heterocycles. The first-order valence-corrected chi connectivity index (χ1v) is 5.00. The van der Waals surface area contributed by atoms with Gasteiger partial charge in [-0.25, -0.2) is 6.57 Å². The lowest BCUT2D eigenvalue weighted by Crippen LogP contribution is -2.44. The quantitative estimate of drug-likeness (QED) is 0.459. The number of hydrogen-bond donors (Lipinski definition) is 0. The van der Waals surface area contributed by atoms with Crippen molar-refractivity contribution in [2.75, 3.05) is 26.2 Å². The number of hydrogen-bond acceptors (Lipinski definition) is 3. The first-order chi connectivity index (χ1) is 6.74. The first kappa shape index (κ1) is 11.0. The molecule has 0 aliphatic carbocycles. The molecule has 0 bridgehead atoms. The van der Waals surface area contributed by atoms with Crippen molar-refractivity contribution >= 4 is 5.97 Å². The summed E-state index contributed by atoms with van der Waals surface area (Å²) in [6, 6.07) is 0. The Balaban J connectivity index is 2.26. The van der Waals surface area contributed by atoms with Crippen molar-refractivity contribution in [1.29, 1.82) is 0 Å². The average Bonchev–Trinajstić information content (AvgIpc) is 2.19. The van der Waals surface area contributed by atoms with Gasteiger partial charge in [0, 0.05) is 31.4 Å². The standard InChI is InChI=1S/C10H16N2O2/c1-11-5-3-7-12-6-2-4-9(8-12)10(13)14/h9H,2-8H2,(H,13,14)/p-1. The smallest absolute Gasteiger partial charge is 0.215 e. The molecular weight excluding hydrogens is 180 g/mol. The maximum atomic E-state index is 10.6. The largest absolute Gasteiger partial charge is 0.550 e. The number of carbonyl (C=O) groups excluding carboxylic acids is 1. The molecule has 0 spiro atoms. The van der Waals surface area contributed by atoms with E-state index in [9.17, 15) is 9.90 Å². The maximum absolute atomic E-state index is 10.6. The van der Waals surface area contributed by atoms with E-state index in [1.807, 2.05) is 0 Å². The van der Waals surface area contributed by atoms with Crippen molar-refractivity contribution in [2.24, 2.45) is 5.92 Å². The fraction of sp³-hybridized carbons (Fsp3) is 0.800. The van der Waals surface area contributed by atoms with Crippen molar-refractivity contribution in [3.8, 4) is 0 Å². The van der Waals surface area contributed by atoms with Crippen LogP contribution in [0.2, 0.25) is 0 Å². The SMILES string of the molecule is [C-]#[N+]CCCN1CCCC(C(=O)[O-])C1. The van der Waals surface area contributed by atoms with Crippen LogP contribution < -0.4 is 5.11 Å². The highest BCUT2D eigenvalue weighted by molar-refractivity contribution is 5.67. The predicted molar refractivity (Wildman–Crippen MR) is 50.3 cm³/mol. The molecule has 14 heavy (non-hydrogen) atoms. The van der Waals surface area contributed by atoms with Gasteiger partial charge in [0.05, 0.1) is 0 Å². The summed E-state index contributed by atoms with van der Waals surface area (Å²) in [5.41, 5.74) is 0. The third kappa shape index (κ3) is 3.35. The Labute approximate surface area is 84.3 Å². The molecule has 1 aliphatic heterocycles. The fourth-order valence-corrected chi connectivity index (χ4v) is 1.82. The predicted octanol–water partition coefficient (Wildman–Crippen LogP) is -0.242. The summed E-state index contributed by atoms with van der Waals surface area (Å²) >= 11 is 0. The summed E-state index contributed by atoms with van der Waals surface area (Å²) in [6.07, 6.45) is 2.50. The van der Waals surface area contributed by atoms with Gasteiger partial charge in [0.25, 0.3) is 0 Å². The van der Waals surface area contributed by atoms with Crippen LogP contribution in [0.1, 0.15) is 19.3 Å². The van der Waals surface area contributed by atoms with Crippen LogP contribution in [0.3, 0.4) is 0 Å². The van der Waals surface area contributed by atoms with E-state index in [4.69, 9.17) is 6.57 Å². The van der Waals surface area contributed by atoms with Crippen LogP contribution in [0, 0.1) is 12.5 Å². The minimum atomic E-state index is -0.931. The molecule has 0 aromatic carbocycles. The van der Waals surface area contributed by atoms with Gasteiger partial charge < -0.3 is 19.6 Å². The zero-order chi connectivity index (χ0) is 10.4. The van der Waals surface area contributed by atoms with Crippen LogP contribution in [0.15, 0.2) is 0 Å². The van der Waals surface area contributed by atoms with E-state index in [2.05, 4.69) is 9.74 Å². The van der Waals surface area contributed by atoms with Gasteiger partial charge >= 0.3 is 0 Å². The number of piperidine rings is 1. The summed E-state index contributed by atoms with van der Waals surface area (Å²) in [7, 11) is 0. The molecule has 78 valence electrons. The molecular formula is C10H15N2O2-. The number of nitrogens with zero attached hydrogens (tertiary/aromatic N) is 2. The topological polar surface area (TPSA) is 47.7 Å². The number of carboxylic acids is 1. The van der Waals surface area contributed by atoms with Crippen molar-refractivity contribution < 1.29 is 9.90 Å². The lowest BCUT2D eigenvalue weighted by atomic mass is 9.98. The Morgan fingerprint density at radius 2 is 2.43 bits per heavy atom. The molecule has 1 rings (SSSR count). The number of carboxylic acid groups (broad SMARTS) is 1. The highest BCUT2D eigenvalue weighted by atomic mass is 16.4. The molecule has 4 heteroatoms. The molecule has 1 unspecified atom stereocenters. The lowest BCUT2D eigenvalue weighted by Gasteiger charge is -2.32. The van der Waals surface area contributed by atoms with Crippen LogP contribution in [0.5, 0.6) is 0 Å². The van der Waals surface area contributed by atoms with Crippen molar-refractivity contribution in [3.05, 3.63) is 11.4 Å². The van der Waals surface area contributed by atoms with Crippen LogP contribution in [-0.4, -0.2) is 37.0 Å². The molecule has 0 radical (unpaired) electrons. The average molecular weight is 195 g/mol. The van der Waals surface area contributed by atoms with Gasteiger partial charge in [-0.15, -0.1) is 0 Å². The first-order valence-electron chi connectivity index (χ1n) is 5.00. The van der Waals surface area contributed by atoms with Gasteiger partial charge in [0.1, 0.15) is 0 Å². The minimum Gasteiger partial charge on any atom is -0.550 e. The number of likely N-dealkylation sites (tertiary alicyclic amines) is 1. The highest BCUT2D eigenvalue weighted by Crippen LogP contribution is 2.15. The Kier molecular flexibility index (Phi) is 4.41. The highest BCUT2D eigenvalue weighted by Gasteiger charge is 2.20. The number of rotatable bonds is 4. The van der Waals surface area contributed by atoms with E-state index >= 15 is 0 Å². The molecule has 1 aliphatic rings. The number of aliphatic carboxylic acids is 1. The van der Waals surface area contributed by atoms with Gasteiger partial charge in [0.2, 0.25) is 6.54 Å². The molecule has 1 fully saturated rings. The molecule has 0 saturated carbocycles. The van der Waals surface area contributed by atoms with Crippen LogP contribution in [0.4, 0.5) is 0 Å². The summed E-state index contributed by atoms with van der Waals surface area (Å²) in [5, 5.41) is 10.6. The Bertz CT molecular complexity index is 235. The van der Waals surface area contributed by atoms with E-state index in [-0.39, 0.29) is 5.92 Å². The van der Waals surface area contributed by atoms with Gasteiger partial charge in [-0.2, -0.15) is 0 Å². The van der Waals surface area contributed by atoms with Crippen molar-refractivity contribution in [3.63, 3.8) is 0 Å². The van der Waals surface area contributed by atoms with Crippen molar-refractivity contribution in [1.82, 2.24) is 4.90 Å². The third-order valence-corrected chi connectivity index (χ3v) is 2.58. The van der Waals surface area contributed by atoms with Gasteiger partial charge in [0.15, 0.2) is 0 Å². The monoisotopic (exact) mass is 195 g/mol. The summed E-state index contributed by atoms with van der Waals surface area (Å²) in [6.45, 7) is 9.56. The zero-order valence-electron chi connectivity index (χ0n) is 8.24. The van der Waals surface area contributed by atoms with Crippen molar-refractivity contribution in [2.45, 2.75) is 19.3 Å². The molecule has 1 heterocycles. The number of carbonyl (C=O) groups is 1. The van der Waals surface area contributed by atoms with E-state index in [1.165, 1.54) is 0 Å². The van der Waals surface area contributed by atoms with E-state index in [0.717, 1.165) is 32.4 Å². The Hall–Kier alpha value is -1.08. The van der Waals surface area contributed by atoms with Gasteiger partial charge in [-0.05, 0) is 19.4 Å². The van der Waals surface area contributed by atoms with Gasteiger partial charge in [-0.1, -0.05) is 0 Å². The molecule has 0 amide bonds. The molecule has 0 N–H and O–H groups in total. The van der Waals surface area contributed by atoms with Crippen LogP contribution in [-0.2, 0) is 4.79 Å². The Morgan fingerprint density at radius 1 is 1.64 bits per heavy atom. The van der Waals surface area contributed by atoms with Crippen LogP contribution >= 0.6 is 0 Å². The summed E-state index contributed by atoms with van der Waals surface area (Å²) in [5.74, 6) is -1.24. The van der Waals surface area contributed by atoms with E-state index in [0.29, 0.717) is 13.1 Å². The third-order valence-electron chi connectivity index (χ3n) is 2.58.